The fourth-order valence-electron chi connectivity index (χ4n) is 3.23. The van der Waals surface area contributed by atoms with Gasteiger partial charge >= 0.3 is 0 Å². The smallest absolute Gasteiger partial charge is 0.160 e. The minimum atomic E-state index is -0.201. The van der Waals surface area contributed by atoms with Crippen molar-refractivity contribution >= 4 is 11.8 Å². The summed E-state index contributed by atoms with van der Waals surface area (Å²) in [5.41, 5.74) is 4.30. The van der Waals surface area contributed by atoms with Gasteiger partial charge in [-0.2, -0.15) is 0 Å². The number of thioether (sulfide) groups is 1. The summed E-state index contributed by atoms with van der Waals surface area (Å²) in [5.74, 6) is 2.50. The molecule has 0 saturated heterocycles. The van der Waals surface area contributed by atoms with Crippen molar-refractivity contribution in [2.24, 2.45) is 0 Å². The van der Waals surface area contributed by atoms with Gasteiger partial charge in [-0.1, -0.05) is 42.5 Å². The second-order valence-corrected chi connectivity index (χ2v) is 8.47. The second-order valence-electron chi connectivity index (χ2n) is 7.51. The van der Waals surface area contributed by atoms with Crippen LogP contribution >= 0.6 is 11.8 Å². The first-order valence-corrected chi connectivity index (χ1v) is 10.4. The van der Waals surface area contributed by atoms with Crippen LogP contribution in [0.1, 0.15) is 30.7 Å². The van der Waals surface area contributed by atoms with Crippen molar-refractivity contribution in [3.63, 3.8) is 0 Å². The number of rotatable bonds is 5. The molecular formula is C23H24N2O2S. The number of aromatic nitrogens is 2. The average molecular weight is 393 g/mol. The van der Waals surface area contributed by atoms with Crippen LogP contribution in [0, 0.1) is 0 Å². The number of nitrogens with zero attached hydrogens (tertiary/aromatic N) is 2. The summed E-state index contributed by atoms with van der Waals surface area (Å²) in [5, 5.41) is 1.01. The van der Waals surface area contributed by atoms with E-state index in [4.69, 9.17) is 19.4 Å². The van der Waals surface area contributed by atoms with Crippen LogP contribution in [-0.2, 0) is 23.5 Å². The maximum absolute atomic E-state index is 6.05. The number of fused-ring (bicyclic) bond motifs is 1. The Morgan fingerprint density at radius 1 is 1.04 bits per heavy atom. The van der Waals surface area contributed by atoms with Crippen LogP contribution in [-0.4, -0.2) is 22.7 Å². The predicted octanol–water partition coefficient (Wildman–Crippen LogP) is 5.30. The minimum Gasteiger partial charge on any atom is -0.497 e. The first-order chi connectivity index (χ1) is 13.5. The van der Waals surface area contributed by atoms with Crippen LogP contribution in [0.5, 0.6) is 5.75 Å². The molecule has 0 saturated carbocycles. The van der Waals surface area contributed by atoms with E-state index in [2.05, 4.69) is 38.1 Å². The zero-order valence-corrected chi connectivity index (χ0v) is 17.3. The summed E-state index contributed by atoms with van der Waals surface area (Å²) in [7, 11) is 1.68. The Kier molecular flexibility index (Phi) is 5.38. The van der Waals surface area contributed by atoms with E-state index in [1.165, 1.54) is 5.56 Å². The van der Waals surface area contributed by atoms with Crippen LogP contribution in [0.2, 0.25) is 0 Å². The van der Waals surface area contributed by atoms with Gasteiger partial charge in [0.1, 0.15) is 10.8 Å². The molecule has 0 bridgehead atoms. The third kappa shape index (κ3) is 4.21. The molecule has 0 radical (unpaired) electrons. The summed E-state index contributed by atoms with van der Waals surface area (Å²) in [6, 6.07) is 18.4. The molecule has 4 rings (SSSR count). The third-order valence-corrected chi connectivity index (χ3v) is 5.91. The third-order valence-electron chi connectivity index (χ3n) is 4.82. The van der Waals surface area contributed by atoms with Gasteiger partial charge in [0.25, 0.3) is 0 Å². The lowest BCUT2D eigenvalue weighted by atomic mass is 9.96. The number of benzene rings is 2. The van der Waals surface area contributed by atoms with Crippen LogP contribution in [0.25, 0.3) is 11.4 Å². The lowest BCUT2D eigenvalue weighted by Gasteiger charge is -2.32. The molecule has 2 heterocycles. The zero-order chi connectivity index (χ0) is 19.6. The van der Waals surface area contributed by atoms with Crippen LogP contribution in [0.4, 0.5) is 0 Å². The van der Waals surface area contributed by atoms with E-state index in [9.17, 15) is 0 Å². The molecule has 1 aliphatic rings. The van der Waals surface area contributed by atoms with Crippen molar-refractivity contribution in [1.82, 2.24) is 9.97 Å². The van der Waals surface area contributed by atoms with Crippen molar-refractivity contribution in [1.29, 1.82) is 0 Å². The molecule has 0 unspecified atom stereocenters. The Hall–Kier alpha value is -2.37. The molecule has 1 aromatic heterocycles. The molecule has 0 fully saturated rings. The van der Waals surface area contributed by atoms with Crippen molar-refractivity contribution in [3.8, 4) is 17.1 Å². The van der Waals surface area contributed by atoms with Crippen LogP contribution in [0.15, 0.2) is 59.6 Å². The van der Waals surface area contributed by atoms with E-state index in [-0.39, 0.29) is 5.60 Å². The summed E-state index contributed by atoms with van der Waals surface area (Å²) in [6.45, 7) is 4.79. The molecule has 28 heavy (non-hydrogen) atoms. The Labute approximate surface area is 170 Å². The normalized spacial score (nSPS) is 15.1. The molecule has 4 nitrogen and oxygen atoms in total. The summed E-state index contributed by atoms with van der Waals surface area (Å²) in [4.78, 5) is 9.80. The number of hydrogen-bond acceptors (Lipinski definition) is 5. The van der Waals surface area contributed by atoms with Gasteiger partial charge < -0.3 is 9.47 Å². The Morgan fingerprint density at radius 3 is 2.50 bits per heavy atom. The summed E-state index contributed by atoms with van der Waals surface area (Å²) < 4.78 is 11.3. The molecule has 0 amide bonds. The predicted molar refractivity (Wildman–Crippen MR) is 113 cm³/mol. The standard InChI is InChI=1S/C23H24N2O2S/c1-23(2)13-20-19(14-27-23)22(25-21(24-20)17-7-5-4-6-8-17)28-15-16-9-11-18(26-3)12-10-16/h4-12H,13-15H2,1-3H3. The highest BCUT2D eigenvalue weighted by molar-refractivity contribution is 7.98. The van der Waals surface area contributed by atoms with Gasteiger partial charge in [0.05, 0.1) is 25.0 Å². The van der Waals surface area contributed by atoms with E-state index in [0.29, 0.717) is 6.61 Å². The van der Waals surface area contributed by atoms with E-state index in [1.807, 2.05) is 30.3 Å². The quantitative estimate of drug-likeness (QED) is 0.436. The highest BCUT2D eigenvalue weighted by Crippen LogP contribution is 2.35. The van der Waals surface area contributed by atoms with E-state index in [0.717, 1.165) is 45.6 Å². The molecule has 0 spiro atoms. The average Bonchev–Trinajstić information content (AvgIpc) is 2.72. The van der Waals surface area contributed by atoms with E-state index < -0.39 is 0 Å². The minimum absolute atomic E-state index is 0.201. The fraction of sp³-hybridized carbons (Fsp3) is 0.304. The lowest BCUT2D eigenvalue weighted by molar-refractivity contribution is -0.0428. The monoisotopic (exact) mass is 392 g/mol. The van der Waals surface area contributed by atoms with Gasteiger partial charge in [-0.3, -0.25) is 0 Å². The molecule has 2 aromatic carbocycles. The summed E-state index contributed by atoms with van der Waals surface area (Å²) >= 11 is 1.74. The molecule has 0 aliphatic carbocycles. The van der Waals surface area contributed by atoms with Crippen molar-refractivity contribution in [3.05, 3.63) is 71.4 Å². The van der Waals surface area contributed by atoms with Gasteiger partial charge in [-0.05, 0) is 31.5 Å². The maximum atomic E-state index is 6.05. The van der Waals surface area contributed by atoms with Crippen molar-refractivity contribution in [2.45, 2.75) is 43.3 Å². The largest absolute Gasteiger partial charge is 0.497 e. The number of ether oxygens (including phenoxy) is 2. The highest BCUT2D eigenvalue weighted by atomic mass is 32.2. The molecular weight excluding hydrogens is 368 g/mol. The molecule has 0 atom stereocenters. The maximum Gasteiger partial charge on any atom is 0.160 e. The van der Waals surface area contributed by atoms with Gasteiger partial charge in [-0.25, -0.2) is 9.97 Å². The van der Waals surface area contributed by atoms with Gasteiger partial charge in [0.2, 0.25) is 0 Å². The van der Waals surface area contributed by atoms with E-state index >= 15 is 0 Å². The highest BCUT2D eigenvalue weighted by Gasteiger charge is 2.30. The Morgan fingerprint density at radius 2 is 1.79 bits per heavy atom. The van der Waals surface area contributed by atoms with Crippen molar-refractivity contribution < 1.29 is 9.47 Å². The first-order valence-electron chi connectivity index (χ1n) is 9.39. The van der Waals surface area contributed by atoms with E-state index in [1.54, 1.807) is 18.9 Å². The molecule has 0 N–H and O–H groups in total. The lowest BCUT2D eigenvalue weighted by Crippen LogP contribution is -2.33. The van der Waals surface area contributed by atoms with Crippen molar-refractivity contribution in [2.75, 3.05) is 7.11 Å². The fourth-order valence-corrected chi connectivity index (χ4v) is 4.23. The van der Waals surface area contributed by atoms with Crippen LogP contribution < -0.4 is 4.74 Å². The Bertz CT molecular complexity index is 956. The second kappa shape index (κ2) is 7.94. The first kappa shape index (κ1) is 19.0. The summed E-state index contributed by atoms with van der Waals surface area (Å²) in [6.07, 6.45) is 0.792. The van der Waals surface area contributed by atoms with Gasteiger partial charge in [0.15, 0.2) is 5.82 Å². The zero-order valence-electron chi connectivity index (χ0n) is 16.4. The SMILES string of the molecule is COc1ccc(CSc2nc(-c3ccccc3)nc3c2COC(C)(C)C3)cc1. The Balaban J connectivity index is 1.66. The van der Waals surface area contributed by atoms with Crippen LogP contribution in [0.3, 0.4) is 0 Å². The van der Waals surface area contributed by atoms with Gasteiger partial charge in [-0.15, -0.1) is 11.8 Å². The number of hydrogen-bond donors (Lipinski definition) is 0. The number of methoxy groups -OCH3 is 1. The topological polar surface area (TPSA) is 44.2 Å². The molecule has 144 valence electrons. The molecule has 1 aliphatic heterocycles. The molecule has 5 heteroatoms. The molecule has 3 aromatic rings. The van der Waals surface area contributed by atoms with Gasteiger partial charge in [0, 0.05) is 23.3 Å².